The number of halogens is 1. The second-order valence-corrected chi connectivity index (χ2v) is 5.02. The van der Waals surface area contributed by atoms with Gasteiger partial charge in [0.15, 0.2) is 0 Å². The normalized spacial score (nSPS) is 19.3. The molecule has 0 saturated carbocycles. The maximum atomic E-state index is 13.2. The van der Waals surface area contributed by atoms with Gasteiger partial charge in [0.25, 0.3) is 0 Å². The summed E-state index contributed by atoms with van der Waals surface area (Å²) in [5.41, 5.74) is 0.691. The van der Waals surface area contributed by atoms with Gasteiger partial charge in [-0.1, -0.05) is 12.1 Å². The number of carboxylic acid groups (broad SMARTS) is 1. The van der Waals surface area contributed by atoms with Crippen molar-refractivity contribution >= 4 is 23.6 Å². The molecular formula is C12H12FNO3S. The Kier molecular flexibility index (Phi) is 3.86. The van der Waals surface area contributed by atoms with Gasteiger partial charge in [-0.25, -0.2) is 4.39 Å². The number of nitrogens with zero attached hydrogens (tertiary/aromatic N) is 1. The Morgan fingerprint density at radius 1 is 1.56 bits per heavy atom. The number of carbonyl (C=O) groups excluding carboxylic acids is 1. The largest absolute Gasteiger partial charge is 0.481 e. The van der Waals surface area contributed by atoms with E-state index in [1.54, 1.807) is 12.1 Å². The molecule has 1 atom stereocenters. The monoisotopic (exact) mass is 269 g/mol. The molecule has 0 bridgehead atoms. The molecule has 0 radical (unpaired) electrons. The Morgan fingerprint density at radius 2 is 2.33 bits per heavy atom. The van der Waals surface area contributed by atoms with E-state index in [-0.39, 0.29) is 30.1 Å². The summed E-state index contributed by atoms with van der Waals surface area (Å²) in [6.45, 7) is 0.155. The minimum atomic E-state index is -0.947. The summed E-state index contributed by atoms with van der Waals surface area (Å²) in [6.07, 6.45) is -0.0991. The van der Waals surface area contributed by atoms with Crippen LogP contribution in [-0.4, -0.2) is 34.2 Å². The van der Waals surface area contributed by atoms with Gasteiger partial charge in [0, 0.05) is 6.54 Å². The van der Waals surface area contributed by atoms with Crippen molar-refractivity contribution in [3.8, 4) is 0 Å². The van der Waals surface area contributed by atoms with Crippen molar-refractivity contribution in [2.45, 2.75) is 11.8 Å². The van der Waals surface area contributed by atoms with Gasteiger partial charge in [0.1, 0.15) is 11.2 Å². The number of aliphatic carboxylic acids is 1. The predicted octanol–water partition coefficient (Wildman–Crippen LogP) is 1.87. The lowest BCUT2D eigenvalue weighted by Gasteiger charge is -2.23. The fourth-order valence-electron chi connectivity index (χ4n) is 1.85. The molecule has 4 nitrogen and oxygen atoms in total. The molecule has 0 spiro atoms. The minimum Gasteiger partial charge on any atom is -0.481 e. The van der Waals surface area contributed by atoms with E-state index in [0.717, 1.165) is 0 Å². The summed E-state index contributed by atoms with van der Waals surface area (Å²) >= 11 is 1.39. The highest BCUT2D eigenvalue weighted by Crippen LogP contribution is 2.38. The topological polar surface area (TPSA) is 57.6 Å². The minimum absolute atomic E-state index is 0.0991. The molecule has 1 amide bonds. The highest BCUT2D eigenvalue weighted by molar-refractivity contribution is 8.00. The van der Waals surface area contributed by atoms with Crippen molar-refractivity contribution in [3.63, 3.8) is 0 Å². The lowest BCUT2D eigenvalue weighted by atomic mass is 10.2. The fourth-order valence-corrected chi connectivity index (χ4v) is 3.06. The van der Waals surface area contributed by atoms with Gasteiger partial charge in [0.05, 0.1) is 12.2 Å². The third-order valence-electron chi connectivity index (χ3n) is 2.67. The second-order valence-electron chi connectivity index (χ2n) is 3.95. The molecule has 1 aliphatic rings. The van der Waals surface area contributed by atoms with Crippen LogP contribution < -0.4 is 0 Å². The van der Waals surface area contributed by atoms with Crippen LogP contribution in [0.3, 0.4) is 0 Å². The number of rotatable bonds is 4. The van der Waals surface area contributed by atoms with Crippen LogP contribution >= 0.6 is 11.8 Å². The zero-order valence-corrected chi connectivity index (χ0v) is 10.3. The Morgan fingerprint density at radius 3 is 3.00 bits per heavy atom. The predicted molar refractivity (Wildman–Crippen MR) is 65.6 cm³/mol. The van der Waals surface area contributed by atoms with Gasteiger partial charge in [-0.2, -0.15) is 0 Å². The molecule has 1 N–H and O–H groups in total. The van der Waals surface area contributed by atoms with E-state index in [2.05, 4.69) is 0 Å². The number of hydrogen-bond acceptors (Lipinski definition) is 3. The van der Waals surface area contributed by atoms with Crippen molar-refractivity contribution < 1.29 is 19.1 Å². The molecule has 0 aliphatic carbocycles. The molecule has 1 saturated heterocycles. The Balaban J connectivity index is 2.15. The molecule has 1 unspecified atom stereocenters. The Hall–Kier alpha value is -1.56. The summed E-state index contributed by atoms with van der Waals surface area (Å²) < 4.78 is 13.2. The summed E-state index contributed by atoms with van der Waals surface area (Å²) in [5.74, 6) is -1.10. The van der Waals surface area contributed by atoms with Crippen LogP contribution in [0.5, 0.6) is 0 Å². The van der Waals surface area contributed by atoms with E-state index >= 15 is 0 Å². The quantitative estimate of drug-likeness (QED) is 0.906. The first-order chi connectivity index (χ1) is 8.58. The summed E-state index contributed by atoms with van der Waals surface area (Å²) in [7, 11) is 0. The molecule has 1 aromatic carbocycles. The number of amides is 1. The number of benzene rings is 1. The van der Waals surface area contributed by atoms with E-state index < -0.39 is 5.97 Å². The molecule has 96 valence electrons. The standard InChI is InChI=1S/C12H12FNO3S/c13-9-3-1-2-8(6-9)12-14(5-4-11(16)17)10(15)7-18-12/h1-3,6,12H,4-5,7H2,(H,16,17). The summed E-state index contributed by atoms with van der Waals surface area (Å²) in [4.78, 5) is 23.7. The van der Waals surface area contributed by atoms with Crippen LogP contribution in [0.15, 0.2) is 24.3 Å². The van der Waals surface area contributed by atoms with Gasteiger partial charge in [-0.3, -0.25) is 9.59 Å². The maximum Gasteiger partial charge on any atom is 0.305 e. The SMILES string of the molecule is O=C(O)CCN1C(=O)CSC1c1cccc(F)c1. The average Bonchev–Trinajstić information content (AvgIpc) is 2.68. The molecule has 0 aromatic heterocycles. The first-order valence-electron chi connectivity index (χ1n) is 5.46. The summed E-state index contributed by atoms with van der Waals surface area (Å²) in [6, 6.07) is 6.05. The average molecular weight is 269 g/mol. The fraction of sp³-hybridized carbons (Fsp3) is 0.333. The van der Waals surface area contributed by atoms with Crippen molar-refractivity contribution in [2.75, 3.05) is 12.3 Å². The van der Waals surface area contributed by atoms with Crippen molar-refractivity contribution in [3.05, 3.63) is 35.6 Å². The van der Waals surface area contributed by atoms with Crippen LogP contribution in [-0.2, 0) is 9.59 Å². The number of carboxylic acids is 1. The lowest BCUT2D eigenvalue weighted by molar-refractivity contribution is -0.138. The molecule has 1 aliphatic heterocycles. The van der Waals surface area contributed by atoms with E-state index in [1.165, 1.54) is 28.8 Å². The Labute approximate surface area is 108 Å². The third kappa shape index (κ3) is 2.81. The van der Waals surface area contributed by atoms with Crippen LogP contribution in [0.1, 0.15) is 17.4 Å². The van der Waals surface area contributed by atoms with Gasteiger partial charge in [-0.05, 0) is 17.7 Å². The lowest BCUT2D eigenvalue weighted by Crippen LogP contribution is -2.30. The number of hydrogen-bond donors (Lipinski definition) is 1. The smallest absolute Gasteiger partial charge is 0.305 e. The molecule has 1 aromatic rings. The maximum absolute atomic E-state index is 13.2. The summed E-state index contributed by atoms with van der Waals surface area (Å²) in [5, 5.41) is 8.37. The van der Waals surface area contributed by atoms with Crippen LogP contribution in [0.4, 0.5) is 4.39 Å². The zero-order chi connectivity index (χ0) is 13.1. The van der Waals surface area contributed by atoms with Crippen LogP contribution in [0, 0.1) is 5.82 Å². The number of carbonyl (C=O) groups is 2. The Bertz CT molecular complexity index is 480. The third-order valence-corrected chi connectivity index (χ3v) is 3.92. The van der Waals surface area contributed by atoms with E-state index in [9.17, 15) is 14.0 Å². The highest BCUT2D eigenvalue weighted by atomic mass is 32.2. The zero-order valence-electron chi connectivity index (χ0n) is 9.51. The molecule has 1 heterocycles. The molecule has 2 rings (SSSR count). The second kappa shape index (κ2) is 5.39. The molecule has 18 heavy (non-hydrogen) atoms. The first-order valence-corrected chi connectivity index (χ1v) is 6.51. The molecule has 1 fully saturated rings. The van der Waals surface area contributed by atoms with Crippen LogP contribution in [0.25, 0.3) is 0 Å². The molecule has 6 heteroatoms. The van der Waals surface area contributed by atoms with Crippen molar-refractivity contribution in [1.82, 2.24) is 4.90 Å². The van der Waals surface area contributed by atoms with Crippen molar-refractivity contribution in [1.29, 1.82) is 0 Å². The highest BCUT2D eigenvalue weighted by Gasteiger charge is 2.32. The van der Waals surface area contributed by atoms with E-state index in [0.29, 0.717) is 11.3 Å². The van der Waals surface area contributed by atoms with Gasteiger partial charge < -0.3 is 10.0 Å². The van der Waals surface area contributed by atoms with Gasteiger partial charge >= 0.3 is 5.97 Å². The van der Waals surface area contributed by atoms with Crippen molar-refractivity contribution in [2.24, 2.45) is 0 Å². The van der Waals surface area contributed by atoms with E-state index in [1.807, 2.05) is 0 Å². The number of thioether (sulfide) groups is 1. The van der Waals surface area contributed by atoms with Gasteiger partial charge in [-0.15, -0.1) is 11.8 Å². The van der Waals surface area contributed by atoms with Crippen LogP contribution in [0.2, 0.25) is 0 Å². The van der Waals surface area contributed by atoms with Gasteiger partial charge in [0.2, 0.25) is 5.91 Å². The van der Waals surface area contributed by atoms with E-state index in [4.69, 9.17) is 5.11 Å². The molecular weight excluding hydrogens is 257 g/mol. The first kappa shape index (κ1) is 12.9.